The fraction of sp³-hybridized carbons (Fsp3) is 0.152. The number of para-hydroxylation sites is 1. The second-order valence-electron chi connectivity index (χ2n) is 9.79. The monoisotopic (exact) mass is 561 g/mol. The molecule has 1 aliphatic carbocycles. The number of nitrogens with one attached hydrogen (secondary N) is 1. The van der Waals surface area contributed by atoms with E-state index in [4.69, 9.17) is 14.2 Å². The molecule has 9 heteroatoms. The minimum absolute atomic E-state index is 0.0730. The van der Waals surface area contributed by atoms with E-state index >= 15 is 0 Å². The van der Waals surface area contributed by atoms with Crippen LogP contribution in [0.4, 0.5) is 5.69 Å². The number of fused-ring (bicyclic) bond motifs is 2. The summed E-state index contributed by atoms with van der Waals surface area (Å²) in [5, 5.41) is 3.53. The molecule has 0 atom stereocenters. The van der Waals surface area contributed by atoms with Crippen LogP contribution in [0.5, 0.6) is 23.0 Å². The highest BCUT2D eigenvalue weighted by atomic mass is 16.5. The Bertz CT molecular complexity index is 1880. The van der Waals surface area contributed by atoms with Crippen molar-refractivity contribution in [2.75, 3.05) is 19.5 Å². The van der Waals surface area contributed by atoms with Crippen molar-refractivity contribution in [1.82, 2.24) is 9.55 Å². The van der Waals surface area contributed by atoms with Crippen molar-refractivity contribution in [1.29, 1.82) is 0 Å². The van der Waals surface area contributed by atoms with E-state index in [0.29, 0.717) is 70.4 Å². The number of hydrogen-bond donors (Lipinski definition) is 1. The summed E-state index contributed by atoms with van der Waals surface area (Å²) in [6.45, 7) is 0. The Balaban J connectivity index is 1.27. The van der Waals surface area contributed by atoms with Crippen LogP contribution in [0.3, 0.4) is 0 Å². The zero-order valence-corrected chi connectivity index (χ0v) is 23.0. The number of aromatic nitrogens is 2. The molecular weight excluding hydrogens is 534 g/mol. The van der Waals surface area contributed by atoms with Gasteiger partial charge in [0.05, 0.1) is 19.7 Å². The summed E-state index contributed by atoms with van der Waals surface area (Å²) in [6, 6.07) is 22.6. The number of benzene rings is 3. The van der Waals surface area contributed by atoms with Crippen molar-refractivity contribution < 1.29 is 23.8 Å². The van der Waals surface area contributed by atoms with Crippen molar-refractivity contribution in [3.63, 3.8) is 0 Å². The summed E-state index contributed by atoms with van der Waals surface area (Å²) in [7, 11) is 3.13. The first-order valence-corrected chi connectivity index (χ1v) is 13.4. The summed E-state index contributed by atoms with van der Waals surface area (Å²) >= 11 is 0. The van der Waals surface area contributed by atoms with Crippen LogP contribution in [-0.4, -0.2) is 35.5 Å². The van der Waals surface area contributed by atoms with Gasteiger partial charge >= 0.3 is 0 Å². The van der Waals surface area contributed by atoms with Gasteiger partial charge in [0, 0.05) is 46.7 Å². The van der Waals surface area contributed by atoms with E-state index < -0.39 is 11.5 Å². The van der Waals surface area contributed by atoms with Gasteiger partial charge < -0.3 is 19.5 Å². The van der Waals surface area contributed by atoms with E-state index in [1.54, 1.807) is 75.0 Å². The lowest BCUT2D eigenvalue weighted by Gasteiger charge is -2.21. The fourth-order valence-corrected chi connectivity index (χ4v) is 5.17. The molecule has 0 saturated carbocycles. The second-order valence-corrected chi connectivity index (χ2v) is 9.79. The molecule has 0 fully saturated rings. The molecule has 0 unspecified atom stereocenters. The fourth-order valence-electron chi connectivity index (χ4n) is 5.17. The van der Waals surface area contributed by atoms with Gasteiger partial charge in [-0.2, -0.15) is 0 Å². The maximum atomic E-state index is 13.6. The van der Waals surface area contributed by atoms with Gasteiger partial charge in [0.2, 0.25) is 0 Å². The molecule has 1 amide bonds. The zero-order valence-electron chi connectivity index (χ0n) is 23.0. The van der Waals surface area contributed by atoms with Crippen LogP contribution in [-0.2, 0) is 6.42 Å². The molecule has 0 radical (unpaired) electrons. The third-order valence-corrected chi connectivity index (χ3v) is 7.23. The average Bonchev–Trinajstić information content (AvgIpc) is 3.01. The molecule has 1 aliphatic rings. The van der Waals surface area contributed by atoms with Crippen LogP contribution in [0.15, 0.2) is 89.9 Å². The van der Waals surface area contributed by atoms with Crippen LogP contribution >= 0.6 is 0 Å². The quantitative estimate of drug-likeness (QED) is 0.261. The van der Waals surface area contributed by atoms with E-state index in [-0.39, 0.29) is 11.3 Å². The van der Waals surface area contributed by atoms with Crippen molar-refractivity contribution in [3.8, 4) is 28.7 Å². The number of ether oxygens (including phenoxy) is 3. The highest BCUT2D eigenvalue weighted by Crippen LogP contribution is 2.37. The van der Waals surface area contributed by atoms with Crippen molar-refractivity contribution in [2.45, 2.75) is 19.3 Å². The van der Waals surface area contributed by atoms with Crippen LogP contribution < -0.4 is 25.1 Å². The molecule has 1 N–H and O–H groups in total. The van der Waals surface area contributed by atoms with Gasteiger partial charge in [-0.25, -0.2) is 0 Å². The van der Waals surface area contributed by atoms with Gasteiger partial charge in [0.25, 0.3) is 11.5 Å². The van der Waals surface area contributed by atoms with Gasteiger partial charge in [-0.05, 0) is 67.4 Å². The molecule has 0 aliphatic heterocycles. The predicted octanol–water partition coefficient (Wildman–Crippen LogP) is 5.97. The summed E-state index contributed by atoms with van der Waals surface area (Å²) in [5.74, 6) is 1.54. The van der Waals surface area contributed by atoms with Crippen LogP contribution in [0.2, 0.25) is 0 Å². The smallest absolute Gasteiger partial charge is 0.268 e. The number of hydrogen-bond acceptors (Lipinski definition) is 7. The SMILES string of the molecule is COc1cc2nccc(Oc3ccc(NC(=O)c4cc5c(n(-c6ccccc6)c4=O)CCCC5=O)cc3)c2cc1OC. The third kappa shape index (κ3) is 4.96. The third-order valence-electron chi connectivity index (χ3n) is 7.23. The minimum Gasteiger partial charge on any atom is -0.493 e. The molecule has 2 heterocycles. The molecule has 210 valence electrons. The molecule has 0 saturated heterocycles. The second kappa shape index (κ2) is 11.2. The number of nitrogens with zero attached hydrogens (tertiary/aromatic N) is 2. The van der Waals surface area contributed by atoms with E-state index in [0.717, 1.165) is 5.39 Å². The summed E-state index contributed by atoms with van der Waals surface area (Å²) < 4.78 is 18.4. The Kier molecular flexibility index (Phi) is 7.14. The Hall–Kier alpha value is -5.44. The Morgan fingerprint density at radius 1 is 0.857 bits per heavy atom. The number of amides is 1. The largest absolute Gasteiger partial charge is 0.493 e. The number of anilines is 1. The molecular formula is C33H27N3O6. The molecule has 0 spiro atoms. The average molecular weight is 562 g/mol. The number of methoxy groups -OCH3 is 2. The molecule has 6 rings (SSSR count). The number of pyridine rings is 2. The molecule has 2 aromatic heterocycles. The van der Waals surface area contributed by atoms with E-state index in [1.165, 1.54) is 10.6 Å². The molecule has 5 aromatic rings. The maximum absolute atomic E-state index is 13.6. The zero-order chi connectivity index (χ0) is 29.2. The Morgan fingerprint density at radius 3 is 2.33 bits per heavy atom. The van der Waals surface area contributed by atoms with Gasteiger partial charge in [-0.3, -0.25) is 23.9 Å². The minimum atomic E-state index is -0.597. The van der Waals surface area contributed by atoms with Crippen molar-refractivity contribution >= 4 is 28.3 Å². The van der Waals surface area contributed by atoms with E-state index in [2.05, 4.69) is 10.3 Å². The first-order chi connectivity index (χ1) is 20.5. The molecule has 0 bridgehead atoms. The first-order valence-electron chi connectivity index (χ1n) is 13.4. The molecule has 3 aromatic carbocycles. The summed E-state index contributed by atoms with van der Waals surface area (Å²) in [4.78, 5) is 44.1. The normalized spacial score (nSPS) is 12.5. The molecule has 9 nitrogen and oxygen atoms in total. The van der Waals surface area contributed by atoms with Crippen molar-refractivity contribution in [3.05, 3.63) is 112 Å². The predicted molar refractivity (Wildman–Crippen MR) is 159 cm³/mol. The van der Waals surface area contributed by atoms with Crippen LogP contribution in [0.25, 0.3) is 16.6 Å². The lowest BCUT2D eigenvalue weighted by Crippen LogP contribution is -2.33. The Morgan fingerprint density at radius 2 is 1.60 bits per heavy atom. The van der Waals surface area contributed by atoms with Crippen molar-refractivity contribution in [2.24, 2.45) is 0 Å². The molecule has 42 heavy (non-hydrogen) atoms. The standard InChI is InChI=1S/C33H27N3O6/c1-40-30-18-23-26(19-31(30)41-2)34-16-15-29(23)42-22-13-11-20(12-14-22)35-32(38)25-17-24-27(9-6-10-28(24)37)36(33(25)39)21-7-4-3-5-8-21/h3-5,7-8,11-19H,6,9-10H2,1-2H3,(H,35,38). The van der Waals surface area contributed by atoms with Crippen LogP contribution in [0, 0.1) is 0 Å². The van der Waals surface area contributed by atoms with Gasteiger partial charge in [0.15, 0.2) is 17.3 Å². The summed E-state index contributed by atoms with van der Waals surface area (Å²) in [5.41, 5.74) is 2.25. The maximum Gasteiger partial charge on any atom is 0.268 e. The number of rotatable bonds is 7. The number of carbonyl (C=O) groups excluding carboxylic acids is 2. The topological polar surface area (TPSA) is 109 Å². The Labute approximate surface area is 241 Å². The highest BCUT2D eigenvalue weighted by Gasteiger charge is 2.26. The number of carbonyl (C=O) groups is 2. The van der Waals surface area contributed by atoms with Gasteiger partial charge in [-0.1, -0.05) is 18.2 Å². The van der Waals surface area contributed by atoms with E-state index in [9.17, 15) is 14.4 Å². The van der Waals surface area contributed by atoms with E-state index in [1.807, 2.05) is 18.2 Å². The van der Waals surface area contributed by atoms with Gasteiger partial charge in [0.1, 0.15) is 17.1 Å². The lowest BCUT2D eigenvalue weighted by molar-refractivity contribution is 0.0971. The first kappa shape index (κ1) is 26.8. The lowest BCUT2D eigenvalue weighted by atomic mass is 9.92. The van der Waals surface area contributed by atoms with Gasteiger partial charge in [-0.15, -0.1) is 0 Å². The summed E-state index contributed by atoms with van der Waals surface area (Å²) in [6.07, 6.45) is 3.27. The van der Waals surface area contributed by atoms with Crippen LogP contribution in [0.1, 0.15) is 39.3 Å². The number of Topliss-reactive ketones (excluding diaryl/α,β-unsaturated/α-hetero) is 1. The number of ketones is 1. The highest BCUT2D eigenvalue weighted by molar-refractivity contribution is 6.07.